The summed E-state index contributed by atoms with van der Waals surface area (Å²) in [5.41, 5.74) is -2.01. The molecule has 0 heterocycles. The first-order valence-electron chi connectivity index (χ1n) is 16.0. The van der Waals surface area contributed by atoms with Crippen LogP contribution in [-0.2, 0) is 29.8 Å². The van der Waals surface area contributed by atoms with E-state index in [1.165, 1.54) is 12.1 Å². The fourth-order valence-corrected chi connectivity index (χ4v) is 5.50. The van der Waals surface area contributed by atoms with E-state index < -0.39 is 88.4 Å². The third kappa shape index (κ3) is 8.75. The first-order chi connectivity index (χ1) is 24.6. The van der Waals surface area contributed by atoms with Crippen molar-refractivity contribution in [2.45, 2.75) is 51.2 Å². The van der Waals surface area contributed by atoms with Crippen LogP contribution in [0.15, 0.2) is 84.9 Å². The number of halogens is 11. The van der Waals surface area contributed by atoms with Crippen LogP contribution < -0.4 is 4.74 Å². The Morgan fingerprint density at radius 3 is 1.73 bits per heavy atom. The third-order valence-electron chi connectivity index (χ3n) is 8.19. The number of hydrogen-bond acceptors (Lipinski definition) is 2. The number of alkyl halides is 4. The second-order valence-corrected chi connectivity index (χ2v) is 11.9. The van der Waals surface area contributed by atoms with Crippen LogP contribution in [0.3, 0.4) is 0 Å². The first kappa shape index (κ1) is 38.3. The molecule has 0 aliphatic carbocycles. The lowest BCUT2D eigenvalue weighted by atomic mass is 9.97. The second kappa shape index (κ2) is 15.8. The Labute approximate surface area is 291 Å². The molecule has 0 aliphatic rings. The molecule has 13 heteroatoms. The SMILES string of the molecule is CCCCCc1ccc(-c2ccc(-c3cc(F)c(C(F)(F)Oc4ccc(C(F)(F)OCCc5cc(F)c(F)c(F)c5)c(F)c4)c(F)c3)c(F)c2)cc1. The van der Waals surface area contributed by atoms with E-state index in [2.05, 4.69) is 16.4 Å². The van der Waals surface area contributed by atoms with Gasteiger partial charge in [0.15, 0.2) is 17.5 Å². The molecule has 0 bridgehead atoms. The van der Waals surface area contributed by atoms with Gasteiger partial charge in [-0.05, 0) is 89.5 Å². The van der Waals surface area contributed by atoms with Crippen molar-refractivity contribution in [3.63, 3.8) is 0 Å². The standard InChI is InChI=1S/C39H29F11O2/c1-2-3-4-5-22-6-8-24(9-7-22)25-10-12-28(30(40)18-25)26-19-32(42)36(33(43)20-26)39(49,50)52-27-11-13-29(31(41)21-27)38(47,48)51-15-14-23-16-34(44)37(46)35(45)17-23/h6-13,16-21H,2-5,14-15H2,1H3. The Kier molecular flexibility index (Phi) is 11.6. The van der Waals surface area contributed by atoms with Gasteiger partial charge in [-0.3, -0.25) is 0 Å². The highest BCUT2D eigenvalue weighted by atomic mass is 19.3. The van der Waals surface area contributed by atoms with Gasteiger partial charge in [0.1, 0.15) is 34.6 Å². The maximum atomic E-state index is 15.2. The first-order valence-corrected chi connectivity index (χ1v) is 16.0. The summed E-state index contributed by atoms with van der Waals surface area (Å²) in [5, 5.41) is 0. The van der Waals surface area contributed by atoms with Gasteiger partial charge in [-0.15, -0.1) is 0 Å². The molecule has 274 valence electrons. The molecule has 0 saturated heterocycles. The Hall–Kier alpha value is -4.91. The van der Waals surface area contributed by atoms with Crippen molar-refractivity contribution in [2.24, 2.45) is 0 Å². The third-order valence-corrected chi connectivity index (χ3v) is 8.19. The van der Waals surface area contributed by atoms with E-state index >= 15 is 22.0 Å². The van der Waals surface area contributed by atoms with Gasteiger partial charge in [0.25, 0.3) is 0 Å². The van der Waals surface area contributed by atoms with Crippen molar-refractivity contribution in [1.29, 1.82) is 0 Å². The number of rotatable bonds is 14. The monoisotopic (exact) mass is 738 g/mol. The maximum absolute atomic E-state index is 15.2. The average molecular weight is 739 g/mol. The summed E-state index contributed by atoms with van der Waals surface area (Å²) < 4.78 is 168. The van der Waals surface area contributed by atoms with Crippen molar-refractivity contribution in [2.75, 3.05) is 6.61 Å². The Morgan fingerprint density at radius 2 is 1.13 bits per heavy atom. The molecule has 0 atom stereocenters. The van der Waals surface area contributed by atoms with Crippen molar-refractivity contribution in [1.82, 2.24) is 0 Å². The van der Waals surface area contributed by atoms with Gasteiger partial charge < -0.3 is 9.47 Å². The predicted octanol–water partition coefficient (Wildman–Crippen LogP) is 12.2. The van der Waals surface area contributed by atoms with Crippen molar-refractivity contribution >= 4 is 0 Å². The molecule has 5 rings (SSSR count). The zero-order valence-electron chi connectivity index (χ0n) is 27.3. The predicted molar refractivity (Wildman–Crippen MR) is 171 cm³/mol. The van der Waals surface area contributed by atoms with Gasteiger partial charge in [-0.2, -0.15) is 17.6 Å². The zero-order chi connectivity index (χ0) is 37.8. The van der Waals surface area contributed by atoms with Crippen molar-refractivity contribution in [3.05, 3.63) is 148 Å². The summed E-state index contributed by atoms with van der Waals surface area (Å²) in [5.74, 6) is -12.4. The Balaban J connectivity index is 1.28. The molecule has 0 N–H and O–H groups in total. The molecule has 2 nitrogen and oxygen atoms in total. The van der Waals surface area contributed by atoms with Crippen LogP contribution in [0.1, 0.15) is 48.4 Å². The highest BCUT2D eigenvalue weighted by Crippen LogP contribution is 2.40. The minimum Gasteiger partial charge on any atom is -0.429 e. The fraction of sp³-hybridized carbons (Fsp3) is 0.231. The summed E-state index contributed by atoms with van der Waals surface area (Å²) in [6.45, 7) is 1.17. The van der Waals surface area contributed by atoms with E-state index in [9.17, 15) is 26.3 Å². The van der Waals surface area contributed by atoms with E-state index in [1.54, 1.807) is 0 Å². The number of ether oxygens (including phenoxy) is 2. The van der Waals surface area contributed by atoms with E-state index in [4.69, 9.17) is 0 Å². The summed E-state index contributed by atoms with van der Waals surface area (Å²) in [7, 11) is 0. The molecule has 0 fully saturated rings. The van der Waals surface area contributed by atoms with Gasteiger partial charge in [0.05, 0.1) is 12.2 Å². The lowest BCUT2D eigenvalue weighted by Gasteiger charge is -2.21. The van der Waals surface area contributed by atoms with Gasteiger partial charge in [-0.25, -0.2) is 30.7 Å². The van der Waals surface area contributed by atoms with Gasteiger partial charge in [0, 0.05) is 11.6 Å². The van der Waals surface area contributed by atoms with E-state index in [0.29, 0.717) is 47.5 Å². The minimum absolute atomic E-state index is 0.104. The molecule has 0 spiro atoms. The van der Waals surface area contributed by atoms with Gasteiger partial charge in [-0.1, -0.05) is 56.2 Å². The zero-order valence-corrected chi connectivity index (χ0v) is 27.3. The molecule has 0 saturated carbocycles. The average Bonchev–Trinajstić information content (AvgIpc) is 3.06. The fourth-order valence-electron chi connectivity index (χ4n) is 5.50. The molecule has 0 aromatic heterocycles. The molecular weight excluding hydrogens is 709 g/mol. The van der Waals surface area contributed by atoms with Gasteiger partial charge in [0.2, 0.25) is 0 Å². The largest absolute Gasteiger partial charge is 0.432 e. The van der Waals surface area contributed by atoms with E-state index in [-0.39, 0.29) is 17.2 Å². The lowest BCUT2D eigenvalue weighted by molar-refractivity contribution is -0.249. The van der Waals surface area contributed by atoms with Crippen LogP contribution in [0.4, 0.5) is 48.3 Å². The van der Waals surface area contributed by atoms with Crippen molar-refractivity contribution in [3.8, 4) is 28.0 Å². The summed E-state index contributed by atoms with van der Waals surface area (Å²) in [6.07, 6.45) is -5.62. The number of hydrogen-bond donors (Lipinski definition) is 0. The Morgan fingerprint density at radius 1 is 0.519 bits per heavy atom. The van der Waals surface area contributed by atoms with Crippen LogP contribution in [0.25, 0.3) is 22.3 Å². The maximum Gasteiger partial charge on any atom is 0.432 e. The van der Waals surface area contributed by atoms with Gasteiger partial charge >= 0.3 is 12.2 Å². The number of aryl methyl sites for hydroxylation is 1. The topological polar surface area (TPSA) is 18.5 Å². The lowest BCUT2D eigenvalue weighted by Crippen LogP contribution is -2.26. The van der Waals surface area contributed by atoms with Crippen LogP contribution in [0.5, 0.6) is 5.75 Å². The molecule has 0 radical (unpaired) electrons. The Bertz CT molecular complexity index is 2000. The molecular formula is C39H29F11O2. The van der Waals surface area contributed by atoms with Crippen LogP contribution in [0, 0.1) is 40.7 Å². The summed E-state index contributed by atoms with van der Waals surface area (Å²) in [6, 6.07) is 14.3. The van der Waals surface area contributed by atoms with Crippen LogP contribution in [-0.4, -0.2) is 6.61 Å². The minimum atomic E-state index is -4.80. The molecule has 0 amide bonds. The van der Waals surface area contributed by atoms with Crippen LogP contribution >= 0.6 is 0 Å². The highest BCUT2D eigenvalue weighted by molar-refractivity contribution is 5.71. The van der Waals surface area contributed by atoms with Crippen LogP contribution in [0.2, 0.25) is 0 Å². The smallest absolute Gasteiger partial charge is 0.429 e. The molecule has 0 unspecified atom stereocenters. The van der Waals surface area contributed by atoms with Crippen molar-refractivity contribution < 1.29 is 57.8 Å². The number of unbranched alkanes of at least 4 members (excludes halogenated alkanes) is 2. The molecule has 52 heavy (non-hydrogen) atoms. The summed E-state index contributed by atoms with van der Waals surface area (Å²) >= 11 is 0. The molecule has 0 aliphatic heterocycles. The normalized spacial score (nSPS) is 12.0. The highest BCUT2D eigenvalue weighted by Gasteiger charge is 2.42. The summed E-state index contributed by atoms with van der Waals surface area (Å²) in [4.78, 5) is 0. The number of benzene rings is 5. The molecule has 5 aromatic rings. The quantitative estimate of drug-likeness (QED) is 0.0642. The molecule has 5 aromatic carbocycles. The second-order valence-electron chi connectivity index (χ2n) is 11.9. The van der Waals surface area contributed by atoms with E-state index in [1.807, 2.05) is 24.3 Å². The van der Waals surface area contributed by atoms with E-state index in [0.717, 1.165) is 37.3 Å².